The van der Waals surface area contributed by atoms with Crippen molar-refractivity contribution in [1.29, 1.82) is 5.26 Å². The third-order valence-electron chi connectivity index (χ3n) is 3.08. The number of hydrogen-bond donors (Lipinski definition) is 2. The molecule has 1 rings (SSSR count). The lowest BCUT2D eigenvalue weighted by Gasteiger charge is -2.36. The summed E-state index contributed by atoms with van der Waals surface area (Å²) in [7, 11) is 1.47. The molecule has 0 saturated carbocycles. The van der Waals surface area contributed by atoms with Gasteiger partial charge in [-0.1, -0.05) is 12.1 Å². The molecule has 0 aliphatic rings. The van der Waals surface area contributed by atoms with Crippen LogP contribution in [-0.4, -0.2) is 34.7 Å². The van der Waals surface area contributed by atoms with Gasteiger partial charge >= 0.3 is 11.9 Å². The number of carboxylic acids is 2. The number of carboxylic acid groups (broad SMARTS) is 2. The number of nitriles is 1. The van der Waals surface area contributed by atoms with Crippen LogP contribution in [0.25, 0.3) is 0 Å². The quantitative estimate of drug-likeness (QED) is 0.829. The predicted octanol–water partition coefficient (Wildman–Crippen LogP) is 1.31. The lowest BCUT2D eigenvalue weighted by molar-refractivity contribution is -0.149. The van der Waals surface area contributed by atoms with Crippen LogP contribution in [0.15, 0.2) is 24.3 Å². The molecule has 0 fully saturated rings. The maximum absolute atomic E-state index is 11.4. The van der Waals surface area contributed by atoms with Crippen LogP contribution >= 0.6 is 0 Å². The molecule has 2 N–H and O–H groups in total. The molecule has 0 aromatic heterocycles. The Labute approximate surface area is 110 Å². The summed E-state index contributed by atoms with van der Waals surface area (Å²) in [5.74, 6) is -2.48. The standard InChI is InChI=1S/C13H14N2O4/c1-13(12(18)19,7-11(16)17)15(2)10-6-4-3-5-9(10)8-14/h3-6H,7H2,1-2H3,(H,16,17)(H,18,19)/t13-/m0/s1. The Hall–Kier alpha value is -2.55. The van der Waals surface area contributed by atoms with Crippen molar-refractivity contribution in [2.45, 2.75) is 18.9 Å². The molecule has 0 bridgehead atoms. The molecule has 0 spiro atoms. The van der Waals surface area contributed by atoms with E-state index in [1.54, 1.807) is 24.3 Å². The fourth-order valence-electron chi connectivity index (χ4n) is 1.76. The van der Waals surface area contributed by atoms with Crippen LogP contribution in [0.5, 0.6) is 0 Å². The minimum absolute atomic E-state index is 0.294. The van der Waals surface area contributed by atoms with E-state index in [-0.39, 0.29) is 0 Å². The van der Waals surface area contributed by atoms with E-state index in [1.807, 2.05) is 6.07 Å². The van der Waals surface area contributed by atoms with E-state index in [0.717, 1.165) is 0 Å². The SMILES string of the molecule is CN(c1ccccc1C#N)[C@@](C)(CC(=O)O)C(=O)O. The van der Waals surface area contributed by atoms with Crippen LogP contribution in [0.4, 0.5) is 5.69 Å². The summed E-state index contributed by atoms with van der Waals surface area (Å²) in [6.07, 6.45) is -0.571. The van der Waals surface area contributed by atoms with Gasteiger partial charge in [-0.2, -0.15) is 5.26 Å². The summed E-state index contributed by atoms with van der Waals surface area (Å²) >= 11 is 0. The third kappa shape index (κ3) is 2.83. The highest BCUT2D eigenvalue weighted by atomic mass is 16.4. The molecule has 0 amide bonds. The molecule has 0 aliphatic heterocycles. The van der Waals surface area contributed by atoms with Gasteiger partial charge in [-0.25, -0.2) is 4.79 Å². The van der Waals surface area contributed by atoms with Crippen molar-refractivity contribution >= 4 is 17.6 Å². The lowest BCUT2D eigenvalue weighted by Crippen LogP contribution is -2.52. The summed E-state index contributed by atoms with van der Waals surface area (Å²) < 4.78 is 0. The normalized spacial score (nSPS) is 13.1. The van der Waals surface area contributed by atoms with Crippen LogP contribution < -0.4 is 4.90 Å². The third-order valence-corrected chi connectivity index (χ3v) is 3.08. The second-order valence-corrected chi connectivity index (χ2v) is 4.34. The van der Waals surface area contributed by atoms with E-state index in [9.17, 15) is 14.7 Å². The van der Waals surface area contributed by atoms with Crippen molar-refractivity contribution in [3.8, 4) is 6.07 Å². The van der Waals surface area contributed by atoms with Crippen molar-refractivity contribution in [2.24, 2.45) is 0 Å². The number of likely N-dealkylation sites (N-methyl/N-ethyl adjacent to an activating group) is 1. The highest BCUT2D eigenvalue weighted by Gasteiger charge is 2.40. The van der Waals surface area contributed by atoms with Gasteiger partial charge in [0, 0.05) is 7.05 Å². The molecule has 0 aliphatic carbocycles. The zero-order valence-corrected chi connectivity index (χ0v) is 10.6. The van der Waals surface area contributed by atoms with Gasteiger partial charge < -0.3 is 15.1 Å². The van der Waals surface area contributed by atoms with Gasteiger partial charge in [-0.15, -0.1) is 0 Å². The maximum atomic E-state index is 11.4. The largest absolute Gasteiger partial charge is 0.481 e. The molecule has 1 aromatic rings. The zero-order chi connectivity index (χ0) is 14.6. The number of hydrogen-bond acceptors (Lipinski definition) is 4. The van der Waals surface area contributed by atoms with Crippen LogP contribution in [0.2, 0.25) is 0 Å². The summed E-state index contributed by atoms with van der Waals surface area (Å²) in [4.78, 5) is 23.5. The van der Waals surface area contributed by atoms with Crippen molar-refractivity contribution in [3.63, 3.8) is 0 Å². The Bertz CT molecular complexity index is 550. The van der Waals surface area contributed by atoms with Crippen LogP contribution in [0, 0.1) is 11.3 Å². The van der Waals surface area contributed by atoms with Crippen molar-refractivity contribution in [2.75, 3.05) is 11.9 Å². The molecule has 1 atom stereocenters. The van der Waals surface area contributed by atoms with E-state index in [0.29, 0.717) is 11.3 Å². The second kappa shape index (κ2) is 5.40. The summed E-state index contributed by atoms with van der Waals surface area (Å²) in [5.41, 5.74) is -0.947. The highest BCUT2D eigenvalue weighted by Crippen LogP contribution is 2.28. The number of rotatable bonds is 5. The molecule has 0 radical (unpaired) electrons. The molecule has 19 heavy (non-hydrogen) atoms. The smallest absolute Gasteiger partial charge is 0.329 e. The Morgan fingerprint density at radius 3 is 2.42 bits per heavy atom. The minimum Gasteiger partial charge on any atom is -0.481 e. The molecule has 0 unspecified atom stereocenters. The molecule has 6 nitrogen and oxygen atoms in total. The first-order valence-electron chi connectivity index (χ1n) is 5.51. The molecular formula is C13H14N2O4. The lowest BCUT2D eigenvalue weighted by atomic mass is 9.94. The number of para-hydroxylation sites is 1. The monoisotopic (exact) mass is 262 g/mol. The Balaban J connectivity index is 3.28. The number of benzene rings is 1. The fourth-order valence-corrected chi connectivity index (χ4v) is 1.76. The maximum Gasteiger partial charge on any atom is 0.329 e. The van der Waals surface area contributed by atoms with Gasteiger partial charge in [0.2, 0.25) is 0 Å². The van der Waals surface area contributed by atoms with E-state index in [1.165, 1.54) is 18.9 Å². The van der Waals surface area contributed by atoms with Crippen molar-refractivity contribution in [1.82, 2.24) is 0 Å². The van der Waals surface area contributed by atoms with E-state index >= 15 is 0 Å². The molecule has 0 saturated heterocycles. The highest BCUT2D eigenvalue weighted by molar-refractivity contribution is 5.88. The zero-order valence-electron chi connectivity index (χ0n) is 10.6. The fraction of sp³-hybridized carbons (Fsp3) is 0.308. The summed E-state index contributed by atoms with van der Waals surface area (Å²) in [6.45, 7) is 1.32. The Morgan fingerprint density at radius 2 is 1.95 bits per heavy atom. The second-order valence-electron chi connectivity index (χ2n) is 4.34. The van der Waals surface area contributed by atoms with Gasteiger partial charge in [0.1, 0.15) is 11.6 Å². The molecule has 0 heterocycles. The van der Waals surface area contributed by atoms with Gasteiger partial charge in [-0.05, 0) is 19.1 Å². The molecule has 100 valence electrons. The first kappa shape index (κ1) is 14.5. The van der Waals surface area contributed by atoms with Gasteiger partial charge in [0.15, 0.2) is 0 Å². The van der Waals surface area contributed by atoms with Crippen molar-refractivity contribution in [3.05, 3.63) is 29.8 Å². The topological polar surface area (TPSA) is 102 Å². The van der Waals surface area contributed by atoms with Crippen molar-refractivity contribution < 1.29 is 19.8 Å². The average Bonchev–Trinajstić information content (AvgIpc) is 2.36. The molecule has 6 heteroatoms. The number of nitrogens with zero attached hydrogens (tertiary/aromatic N) is 2. The predicted molar refractivity (Wildman–Crippen MR) is 67.9 cm³/mol. The first-order valence-corrected chi connectivity index (χ1v) is 5.51. The van der Waals surface area contributed by atoms with E-state index in [4.69, 9.17) is 10.4 Å². The van der Waals surface area contributed by atoms with Gasteiger partial charge in [-0.3, -0.25) is 4.79 Å². The molecular weight excluding hydrogens is 248 g/mol. The van der Waals surface area contributed by atoms with Gasteiger partial charge in [0.25, 0.3) is 0 Å². The van der Waals surface area contributed by atoms with Crippen LogP contribution in [0.3, 0.4) is 0 Å². The Morgan fingerprint density at radius 1 is 1.37 bits per heavy atom. The summed E-state index contributed by atoms with van der Waals surface area (Å²) in [6, 6.07) is 8.41. The summed E-state index contributed by atoms with van der Waals surface area (Å²) in [5, 5.41) is 27.2. The molecule has 1 aromatic carbocycles. The number of aliphatic carboxylic acids is 2. The number of carbonyl (C=O) groups is 2. The first-order chi connectivity index (χ1) is 8.82. The average molecular weight is 262 g/mol. The number of anilines is 1. The minimum atomic E-state index is -1.63. The van der Waals surface area contributed by atoms with E-state index in [2.05, 4.69) is 0 Å². The van der Waals surface area contributed by atoms with Crippen LogP contribution in [0.1, 0.15) is 18.9 Å². The Kier molecular flexibility index (Phi) is 4.12. The van der Waals surface area contributed by atoms with Gasteiger partial charge in [0.05, 0.1) is 17.7 Å². The van der Waals surface area contributed by atoms with E-state index < -0.39 is 23.9 Å². The van der Waals surface area contributed by atoms with Crippen LogP contribution in [-0.2, 0) is 9.59 Å².